The van der Waals surface area contributed by atoms with Crippen LogP contribution in [-0.4, -0.2) is 42.4 Å². The molecule has 1 atom stereocenters. The van der Waals surface area contributed by atoms with Crippen molar-refractivity contribution in [1.82, 2.24) is 4.90 Å². The third kappa shape index (κ3) is 3.02. The van der Waals surface area contributed by atoms with E-state index in [-0.39, 0.29) is 18.6 Å². The topological polar surface area (TPSA) is 49.8 Å². The Morgan fingerprint density at radius 2 is 1.72 bits per heavy atom. The summed E-state index contributed by atoms with van der Waals surface area (Å²) in [7, 11) is 0. The molecule has 2 aromatic carbocycles. The normalized spacial score (nSPS) is 18.9. The summed E-state index contributed by atoms with van der Waals surface area (Å²) in [5.41, 5.74) is 4.94. The molecule has 0 spiro atoms. The minimum Gasteiger partial charge on any atom is -0.448 e. The maximum atomic E-state index is 12.4. The van der Waals surface area contributed by atoms with Gasteiger partial charge in [0.15, 0.2) is 0 Å². The van der Waals surface area contributed by atoms with Gasteiger partial charge in [-0.15, -0.1) is 0 Å². The Labute approximate surface area is 148 Å². The van der Waals surface area contributed by atoms with Crippen molar-refractivity contribution in [2.24, 2.45) is 5.92 Å². The Kier molecular flexibility index (Phi) is 4.45. The van der Waals surface area contributed by atoms with Crippen LogP contribution < -0.4 is 0 Å². The number of aliphatic hydroxyl groups excluding tert-OH is 1. The highest BCUT2D eigenvalue weighted by Crippen LogP contribution is 2.44. The molecule has 0 radical (unpaired) electrons. The summed E-state index contributed by atoms with van der Waals surface area (Å²) < 4.78 is 5.67. The smallest absolute Gasteiger partial charge is 0.409 e. The first-order valence-electron chi connectivity index (χ1n) is 8.98. The van der Waals surface area contributed by atoms with Gasteiger partial charge in [-0.3, -0.25) is 0 Å². The van der Waals surface area contributed by atoms with Gasteiger partial charge in [0.2, 0.25) is 0 Å². The summed E-state index contributed by atoms with van der Waals surface area (Å²) in [6.45, 7) is 1.97. The van der Waals surface area contributed by atoms with Gasteiger partial charge >= 0.3 is 6.09 Å². The molecular formula is C21H23NO3. The number of hydrogen-bond donors (Lipinski definition) is 1. The van der Waals surface area contributed by atoms with Crippen LogP contribution in [0, 0.1) is 5.92 Å². The highest BCUT2D eigenvalue weighted by atomic mass is 16.6. The molecule has 1 saturated heterocycles. The number of fused-ring (bicyclic) bond motifs is 3. The molecule has 2 aliphatic rings. The quantitative estimate of drug-likeness (QED) is 0.927. The van der Waals surface area contributed by atoms with Crippen LogP contribution in [0.3, 0.4) is 0 Å². The van der Waals surface area contributed by atoms with Crippen LogP contribution in [0.15, 0.2) is 48.5 Å². The number of nitrogens with zero attached hydrogens (tertiary/aromatic N) is 1. The van der Waals surface area contributed by atoms with Gasteiger partial charge in [0.1, 0.15) is 6.61 Å². The lowest BCUT2D eigenvalue weighted by molar-refractivity contribution is 0.106. The number of likely N-dealkylation sites (tertiary alicyclic amines) is 1. The predicted molar refractivity (Wildman–Crippen MR) is 96.5 cm³/mol. The van der Waals surface area contributed by atoms with Crippen molar-refractivity contribution >= 4 is 6.09 Å². The van der Waals surface area contributed by atoms with Crippen molar-refractivity contribution in [3.05, 3.63) is 59.7 Å². The van der Waals surface area contributed by atoms with Crippen molar-refractivity contribution in [2.75, 3.05) is 26.3 Å². The van der Waals surface area contributed by atoms with Crippen LogP contribution in [0.25, 0.3) is 11.1 Å². The van der Waals surface area contributed by atoms with Crippen molar-refractivity contribution < 1.29 is 14.6 Å². The summed E-state index contributed by atoms with van der Waals surface area (Å²) >= 11 is 0. The van der Waals surface area contributed by atoms with Crippen LogP contribution in [0.5, 0.6) is 0 Å². The zero-order valence-corrected chi connectivity index (χ0v) is 14.2. The number of carbonyl (C=O) groups excluding carboxylic acids is 1. The van der Waals surface area contributed by atoms with Gasteiger partial charge in [-0.1, -0.05) is 48.5 Å². The Bertz CT molecular complexity index is 728. The second-order valence-electron chi connectivity index (χ2n) is 6.92. The van der Waals surface area contributed by atoms with E-state index in [1.54, 1.807) is 4.90 Å². The molecule has 1 N–H and O–H groups in total. The number of aliphatic hydroxyl groups is 1. The van der Waals surface area contributed by atoms with E-state index in [4.69, 9.17) is 9.84 Å². The van der Waals surface area contributed by atoms with Gasteiger partial charge in [-0.05, 0) is 41.0 Å². The van der Waals surface area contributed by atoms with Gasteiger partial charge in [0.25, 0.3) is 0 Å². The van der Waals surface area contributed by atoms with E-state index in [9.17, 15) is 4.79 Å². The van der Waals surface area contributed by atoms with Crippen LogP contribution in [0.2, 0.25) is 0 Å². The molecular weight excluding hydrogens is 314 g/mol. The van der Waals surface area contributed by atoms with Gasteiger partial charge < -0.3 is 14.7 Å². The molecule has 1 aliphatic heterocycles. The first-order chi connectivity index (χ1) is 12.3. The van der Waals surface area contributed by atoms with Crippen molar-refractivity contribution in [3.63, 3.8) is 0 Å². The van der Waals surface area contributed by atoms with E-state index in [1.807, 2.05) is 12.1 Å². The fourth-order valence-electron chi connectivity index (χ4n) is 4.10. The molecule has 0 saturated carbocycles. The van der Waals surface area contributed by atoms with Crippen LogP contribution >= 0.6 is 0 Å². The maximum Gasteiger partial charge on any atom is 0.409 e. The SMILES string of the molecule is O=C(OCC1c2ccccc2-c2ccccc21)N1CCC(CCO)C1. The molecule has 0 aromatic heterocycles. The first-order valence-corrected chi connectivity index (χ1v) is 8.98. The largest absolute Gasteiger partial charge is 0.448 e. The summed E-state index contributed by atoms with van der Waals surface area (Å²) in [6.07, 6.45) is 1.47. The number of benzene rings is 2. The highest BCUT2D eigenvalue weighted by Gasteiger charge is 2.31. The molecule has 1 fully saturated rings. The summed E-state index contributed by atoms with van der Waals surface area (Å²) in [6, 6.07) is 16.7. The first kappa shape index (κ1) is 16.2. The van der Waals surface area contributed by atoms with Crippen LogP contribution in [0.4, 0.5) is 4.79 Å². The standard InChI is InChI=1S/C21H23NO3/c23-12-10-15-9-11-22(13-15)21(24)25-14-20-18-7-3-1-5-16(18)17-6-2-4-8-19(17)20/h1-8,15,20,23H,9-14H2. The van der Waals surface area contributed by atoms with Crippen molar-refractivity contribution in [2.45, 2.75) is 18.8 Å². The minimum absolute atomic E-state index is 0.104. The Hall–Kier alpha value is -2.33. The van der Waals surface area contributed by atoms with E-state index in [0.29, 0.717) is 19.1 Å². The van der Waals surface area contributed by atoms with Gasteiger partial charge in [-0.25, -0.2) is 4.79 Å². The van der Waals surface area contributed by atoms with Crippen LogP contribution in [-0.2, 0) is 4.74 Å². The van der Waals surface area contributed by atoms with Crippen molar-refractivity contribution in [1.29, 1.82) is 0 Å². The lowest BCUT2D eigenvalue weighted by atomic mass is 9.98. The molecule has 1 amide bonds. The van der Waals surface area contributed by atoms with E-state index < -0.39 is 0 Å². The van der Waals surface area contributed by atoms with E-state index >= 15 is 0 Å². The maximum absolute atomic E-state index is 12.4. The lowest BCUT2D eigenvalue weighted by Gasteiger charge is -2.19. The molecule has 0 bridgehead atoms. The van der Waals surface area contributed by atoms with E-state index in [2.05, 4.69) is 36.4 Å². The summed E-state index contributed by atoms with van der Waals surface area (Å²) in [5.74, 6) is 0.498. The van der Waals surface area contributed by atoms with Gasteiger partial charge in [0, 0.05) is 25.6 Å². The lowest BCUT2D eigenvalue weighted by Crippen LogP contribution is -2.30. The molecule has 1 heterocycles. The molecule has 2 aromatic rings. The Balaban J connectivity index is 1.46. The number of carbonyl (C=O) groups is 1. The molecule has 1 unspecified atom stereocenters. The molecule has 4 rings (SSSR count). The third-order valence-corrected chi connectivity index (χ3v) is 5.42. The van der Waals surface area contributed by atoms with Gasteiger partial charge in [0.05, 0.1) is 0 Å². The number of amides is 1. The number of rotatable bonds is 4. The predicted octanol–water partition coefficient (Wildman–Crippen LogP) is 3.64. The fourth-order valence-corrected chi connectivity index (χ4v) is 4.10. The Morgan fingerprint density at radius 3 is 2.36 bits per heavy atom. The second kappa shape index (κ2) is 6.89. The molecule has 4 heteroatoms. The second-order valence-corrected chi connectivity index (χ2v) is 6.92. The monoisotopic (exact) mass is 337 g/mol. The number of ether oxygens (including phenoxy) is 1. The van der Waals surface area contributed by atoms with Crippen molar-refractivity contribution in [3.8, 4) is 11.1 Å². The Morgan fingerprint density at radius 1 is 1.08 bits per heavy atom. The van der Waals surface area contributed by atoms with E-state index in [0.717, 1.165) is 19.4 Å². The summed E-state index contributed by atoms with van der Waals surface area (Å²) in [4.78, 5) is 14.2. The third-order valence-electron chi connectivity index (χ3n) is 5.42. The average Bonchev–Trinajstić information content (AvgIpc) is 3.23. The zero-order chi connectivity index (χ0) is 17.2. The number of hydrogen-bond acceptors (Lipinski definition) is 3. The zero-order valence-electron chi connectivity index (χ0n) is 14.2. The summed E-state index contributed by atoms with van der Waals surface area (Å²) in [5, 5.41) is 9.05. The highest BCUT2D eigenvalue weighted by molar-refractivity contribution is 5.79. The molecule has 4 nitrogen and oxygen atoms in total. The van der Waals surface area contributed by atoms with E-state index in [1.165, 1.54) is 22.3 Å². The molecule has 130 valence electrons. The minimum atomic E-state index is -0.234. The van der Waals surface area contributed by atoms with Crippen LogP contribution in [0.1, 0.15) is 29.9 Å². The van der Waals surface area contributed by atoms with Gasteiger partial charge in [-0.2, -0.15) is 0 Å². The average molecular weight is 337 g/mol. The molecule has 1 aliphatic carbocycles. The fraction of sp³-hybridized carbons (Fsp3) is 0.381. The molecule has 25 heavy (non-hydrogen) atoms.